The second kappa shape index (κ2) is 10.1. The van der Waals surface area contributed by atoms with Crippen molar-refractivity contribution < 1.29 is 14.3 Å². The number of hydrogen-bond donors (Lipinski definition) is 1. The number of amides is 2. The van der Waals surface area contributed by atoms with E-state index in [1.165, 1.54) is 0 Å². The predicted molar refractivity (Wildman–Crippen MR) is 126 cm³/mol. The molecule has 0 aliphatic carbocycles. The molecule has 1 aliphatic heterocycles. The summed E-state index contributed by atoms with van der Waals surface area (Å²) < 4.78 is 5.76. The maximum atomic E-state index is 13.0. The number of hydrogen-bond acceptors (Lipinski definition) is 5. The zero-order valence-corrected chi connectivity index (χ0v) is 19.2. The minimum Gasteiger partial charge on any atom is -0.481 e. The van der Waals surface area contributed by atoms with Crippen LogP contribution in [0.25, 0.3) is 10.6 Å². The topological polar surface area (TPSA) is 71.5 Å². The minimum absolute atomic E-state index is 0.167. The van der Waals surface area contributed by atoms with Crippen molar-refractivity contribution in [3.63, 3.8) is 0 Å². The summed E-state index contributed by atoms with van der Waals surface area (Å²) in [5, 5.41) is 6.34. The fourth-order valence-electron chi connectivity index (χ4n) is 3.73. The molecule has 1 N–H and O–H groups in total. The van der Waals surface area contributed by atoms with Crippen molar-refractivity contribution >= 4 is 34.8 Å². The van der Waals surface area contributed by atoms with Crippen LogP contribution in [0.5, 0.6) is 5.75 Å². The van der Waals surface area contributed by atoms with Gasteiger partial charge in [0.1, 0.15) is 16.8 Å². The maximum absolute atomic E-state index is 13.0. The van der Waals surface area contributed by atoms with Gasteiger partial charge in [-0.2, -0.15) is 0 Å². The molecule has 0 saturated carbocycles. The first-order valence-corrected chi connectivity index (χ1v) is 11.8. The van der Waals surface area contributed by atoms with E-state index in [0.717, 1.165) is 22.7 Å². The number of likely N-dealkylation sites (tertiary alicyclic amines) is 1. The molecule has 0 bridgehead atoms. The number of nitrogens with zero attached hydrogens (tertiary/aromatic N) is 2. The number of halogens is 1. The van der Waals surface area contributed by atoms with E-state index in [2.05, 4.69) is 10.3 Å². The van der Waals surface area contributed by atoms with E-state index < -0.39 is 12.1 Å². The molecule has 0 unspecified atom stereocenters. The van der Waals surface area contributed by atoms with Crippen LogP contribution in [-0.4, -0.2) is 40.4 Å². The average Bonchev–Trinajstić information content (AvgIpc) is 3.47. The van der Waals surface area contributed by atoms with Gasteiger partial charge in [-0.3, -0.25) is 9.59 Å². The third kappa shape index (κ3) is 5.29. The zero-order chi connectivity index (χ0) is 22.5. The Bertz CT molecular complexity index is 1090. The van der Waals surface area contributed by atoms with E-state index in [0.29, 0.717) is 30.3 Å². The monoisotopic (exact) mass is 469 g/mol. The van der Waals surface area contributed by atoms with E-state index in [-0.39, 0.29) is 11.8 Å². The number of aromatic nitrogens is 1. The lowest BCUT2D eigenvalue weighted by Crippen LogP contribution is -2.49. The molecular formula is C24H24ClN3O3S. The highest BCUT2D eigenvalue weighted by Crippen LogP contribution is 2.24. The summed E-state index contributed by atoms with van der Waals surface area (Å²) in [5.74, 6) is 0.152. The van der Waals surface area contributed by atoms with Gasteiger partial charge in [-0.25, -0.2) is 4.98 Å². The lowest BCUT2D eigenvalue weighted by molar-refractivity contribution is -0.143. The summed E-state index contributed by atoms with van der Waals surface area (Å²) >= 11 is 7.53. The van der Waals surface area contributed by atoms with Gasteiger partial charge in [-0.05, 0) is 38.0 Å². The minimum atomic E-state index is -0.714. The second-order valence-electron chi connectivity index (χ2n) is 7.63. The highest BCUT2D eigenvalue weighted by Gasteiger charge is 2.36. The summed E-state index contributed by atoms with van der Waals surface area (Å²) in [6, 6.07) is 16.4. The van der Waals surface area contributed by atoms with Gasteiger partial charge in [0.2, 0.25) is 5.91 Å². The molecular weight excluding hydrogens is 446 g/mol. The Kier molecular flexibility index (Phi) is 7.07. The average molecular weight is 470 g/mol. The molecule has 2 heterocycles. The van der Waals surface area contributed by atoms with Crippen LogP contribution in [-0.2, 0) is 16.1 Å². The number of carbonyl (C=O) groups excluding carboxylic acids is 2. The Balaban J connectivity index is 1.34. The van der Waals surface area contributed by atoms with Crippen LogP contribution < -0.4 is 10.1 Å². The first-order valence-electron chi connectivity index (χ1n) is 10.5. The standard InChI is InChI=1S/C24H24ClN3O3S/c1-16(31-20-10-5-9-18(25)13-20)24(30)28-12-6-11-21(28)22(29)26-14-19-15-32-23(27-19)17-7-3-2-4-8-17/h2-5,7-10,13,15-16,21H,6,11-12,14H2,1H3,(H,26,29)/t16-,21+/m0/s1. The van der Waals surface area contributed by atoms with Crippen molar-refractivity contribution in [2.45, 2.75) is 38.5 Å². The van der Waals surface area contributed by atoms with Crippen LogP contribution in [0.2, 0.25) is 5.02 Å². The molecule has 1 aliphatic rings. The van der Waals surface area contributed by atoms with Crippen LogP contribution in [0.3, 0.4) is 0 Å². The van der Waals surface area contributed by atoms with E-state index in [1.807, 2.05) is 35.7 Å². The summed E-state index contributed by atoms with van der Waals surface area (Å²) in [5.41, 5.74) is 1.85. The lowest BCUT2D eigenvalue weighted by Gasteiger charge is -2.27. The smallest absolute Gasteiger partial charge is 0.264 e. The summed E-state index contributed by atoms with van der Waals surface area (Å²) in [6.45, 7) is 2.56. The second-order valence-corrected chi connectivity index (χ2v) is 8.93. The summed E-state index contributed by atoms with van der Waals surface area (Å²) in [4.78, 5) is 32.0. The molecule has 6 nitrogen and oxygen atoms in total. The Hall–Kier alpha value is -2.90. The molecule has 8 heteroatoms. The number of thiazole rings is 1. The normalized spacial score (nSPS) is 16.6. The van der Waals surface area contributed by atoms with E-state index >= 15 is 0 Å². The molecule has 1 aromatic heterocycles. The van der Waals surface area contributed by atoms with E-state index in [9.17, 15) is 9.59 Å². The fraction of sp³-hybridized carbons (Fsp3) is 0.292. The van der Waals surface area contributed by atoms with Crippen LogP contribution >= 0.6 is 22.9 Å². The van der Waals surface area contributed by atoms with Gasteiger partial charge in [-0.1, -0.05) is 48.0 Å². The zero-order valence-electron chi connectivity index (χ0n) is 17.7. The Morgan fingerprint density at radius 1 is 1.25 bits per heavy atom. The number of ether oxygens (including phenoxy) is 1. The van der Waals surface area contributed by atoms with Crippen molar-refractivity contribution in [2.24, 2.45) is 0 Å². The van der Waals surface area contributed by atoms with Gasteiger partial charge >= 0.3 is 0 Å². The first-order chi connectivity index (χ1) is 15.5. The molecule has 2 atom stereocenters. The predicted octanol–water partition coefficient (Wildman–Crippen LogP) is 4.54. The Morgan fingerprint density at radius 3 is 2.84 bits per heavy atom. The molecule has 1 saturated heterocycles. The van der Waals surface area contributed by atoms with Crippen molar-refractivity contribution in [1.82, 2.24) is 15.2 Å². The summed E-state index contributed by atoms with van der Waals surface area (Å²) in [7, 11) is 0. The van der Waals surface area contributed by atoms with Crippen LogP contribution in [0.1, 0.15) is 25.5 Å². The van der Waals surface area contributed by atoms with Crippen LogP contribution in [0, 0.1) is 0 Å². The van der Waals surface area contributed by atoms with Crippen LogP contribution in [0.15, 0.2) is 60.0 Å². The molecule has 32 heavy (non-hydrogen) atoms. The third-order valence-corrected chi connectivity index (χ3v) is 6.49. The third-order valence-electron chi connectivity index (χ3n) is 5.31. The Labute approximate surface area is 196 Å². The molecule has 4 rings (SSSR count). The van der Waals surface area contributed by atoms with Gasteiger partial charge < -0.3 is 15.0 Å². The molecule has 2 aromatic carbocycles. The quantitative estimate of drug-likeness (QED) is 0.551. The van der Waals surface area contributed by atoms with Gasteiger partial charge in [0.25, 0.3) is 5.91 Å². The SMILES string of the molecule is C[C@H](Oc1cccc(Cl)c1)C(=O)N1CCC[C@@H]1C(=O)NCc1csc(-c2ccccc2)n1. The van der Waals surface area contributed by atoms with Gasteiger partial charge in [0.05, 0.1) is 12.2 Å². The highest BCUT2D eigenvalue weighted by atomic mass is 35.5. The molecule has 0 spiro atoms. The van der Waals surface area contributed by atoms with E-state index in [1.54, 1.807) is 47.4 Å². The number of rotatable bonds is 7. The molecule has 166 valence electrons. The van der Waals surface area contributed by atoms with Gasteiger partial charge in [-0.15, -0.1) is 11.3 Å². The lowest BCUT2D eigenvalue weighted by atomic mass is 10.2. The molecule has 3 aromatic rings. The first kappa shape index (κ1) is 22.3. The summed E-state index contributed by atoms with van der Waals surface area (Å²) in [6.07, 6.45) is 0.699. The number of benzene rings is 2. The van der Waals surface area contributed by atoms with Gasteiger partial charge in [0.15, 0.2) is 6.10 Å². The maximum Gasteiger partial charge on any atom is 0.264 e. The molecule has 2 amide bonds. The van der Waals surface area contributed by atoms with Crippen molar-refractivity contribution in [1.29, 1.82) is 0 Å². The van der Waals surface area contributed by atoms with Gasteiger partial charge in [0, 0.05) is 22.5 Å². The van der Waals surface area contributed by atoms with Crippen molar-refractivity contribution in [3.8, 4) is 16.3 Å². The fourth-order valence-corrected chi connectivity index (χ4v) is 4.73. The van der Waals surface area contributed by atoms with Crippen molar-refractivity contribution in [2.75, 3.05) is 6.54 Å². The molecule has 1 fully saturated rings. The Morgan fingerprint density at radius 2 is 2.06 bits per heavy atom. The number of nitrogens with one attached hydrogen (secondary N) is 1. The molecule has 0 radical (unpaired) electrons. The largest absolute Gasteiger partial charge is 0.481 e. The highest BCUT2D eigenvalue weighted by molar-refractivity contribution is 7.13. The van der Waals surface area contributed by atoms with Crippen LogP contribution in [0.4, 0.5) is 0 Å². The van der Waals surface area contributed by atoms with E-state index in [4.69, 9.17) is 16.3 Å². The number of carbonyl (C=O) groups is 2. The van der Waals surface area contributed by atoms with Crippen molar-refractivity contribution in [3.05, 3.63) is 70.7 Å².